The first-order valence-electron chi connectivity index (χ1n) is 12.4. The van der Waals surface area contributed by atoms with E-state index in [1.165, 1.54) is 15.9 Å². The van der Waals surface area contributed by atoms with Crippen LogP contribution in [0.3, 0.4) is 0 Å². The molecule has 0 aliphatic carbocycles. The fourth-order valence-electron chi connectivity index (χ4n) is 4.76. The normalized spacial score (nSPS) is 13.8. The van der Waals surface area contributed by atoms with E-state index in [0.717, 1.165) is 10.9 Å². The van der Waals surface area contributed by atoms with Crippen LogP contribution >= 0.6 is 12.2 Å². The van der Waals surface area contributed by atoms with Crippen LogP contribution in [0.15, 0.2) is 113 Å². The van der Waals surface area contributed by atoms with E-state index in [1.807, 2.05) is 47.2 Å². The summed E-state index contributed by atoms with van der Waals surface area (Å²) in [6, 6.07) is 28.5. The van der Waals surface area contributed by atoms with Gasteiger partial charge in [0.1, 0.15) is 11.3 Å². The molecule has 1 fully saturated rings. The highest BCUT2D eigenvalue weighted by Gasteiger charge is 2.41. The van der Waals surface area contributed by atoms with Gasteiger partial charge in [0, 0.05) is 22.7 Å². The second-order valence-corrected chi connectivity index (χ2v) is 9.46. The van der Waals surface area contributed by atoms with E-state index >= 15 is 0 Å². The molecule has 0 spiro atoms. The van der Waals surface area contributed by atoms with E-state index in [9.17, 15) is 19.5 Å². The van der Waals surface area contributed by atoms with Crippen LogP contribution in [0.5, 0.6) is 0 Å². The molecule has 6 rings (SSSR count). The van der Waals surface area contributed by atoms with Crippen LogP contribution in [-0.2, 0) is 16.1 Å². The van der Waals surface area contributed by atoms with E-state index < -0.39 is 17.8 Å². The van der Waals surface area contributed by atoms with Gasteiger partial charge in [0.25, 0.3) is 11.8 Å². The molecule has 3 aromatic carbocycles. The number of aromatic carboxylic acids is 1. The molecule has 40 heavy (non-hydrogen) atoms. The molecule has 2 aromatic heterocycles. The number of hydrogen-bond donors (Lipinski definition) is 1. The Kier molecular flexibility index (Phi) is 6.33. The van der Waals surface area contributed by atoms with Crippen molar-refractivity contribution in [2.45, 2.75) is 6.54 Å². The molecule has 8 nitrogen and oxygen atoms in total. The molecule has 0 bridgehead atoms. The first-order valence-corrected chi connectivity index (χ1v) is 12.8. The van der Waals surface area contributed by atoms with Crippen molar-refractivity contribution >= 4 is 63.5 Å². The van der Waals surface area contributed by atoms with Crippen LogP contribution in [0.25, 0.3) is 17.0 Å². The van der Waals surface area contributed by atoms with Gasteiger partial charge in [0.05, 0.1) is 17.9 Å². The highest BCUT2D eigenvalue weighted by atomic mass is 32.1. The number of thiocarbonyl (C=S) groups is 1. The lowest BCUT2D eigenvalue weighted by Gasteiger charge is -2.36. The van der Waals surface area contributed by atoms with Gasteiger partial charge in [0.2, 0.25) is 5.76 Å². The Morgan fingerprint density at radius 1 is 0.800 bits per heavy atom. The number of para-hydroxylation sites is 3. The molecular formula is C31H21N3O5S. The maximum Gasteiger partial charge on any atom is 0.371 e. The molecular weight excluding hydrogens is 526 g/mol. The smallest absolute Gasteiger partial charge is 0.371 e. The number of carboxylic acid groups (broad SMARTS) is 1. The average Bonchev–Trinajstić information content (AvgIpc) is 3.58. The average molecular weight is 548 g/mol. The minimum Gasteiger partial charge on any atom is -0.475 e. The number of rotatable bonds is 6. The lowest BCUT2D eigenvalue weighted by Crippen LogP contribution is -2.56. The maximum atomic E-state index is 13.9. The standard InChI is InChI=1S/C31H21N3O5S/c35-28-25(29(36)34(22-11-5-2-6-12-22)31(40)33(28)21-9-3-1-4-10-21)17-20-18-32(26-14-8-7-13-24(20)26)19-23-15-16-27(39-23)30(37)38/h1-18H,19H2,(H,37,38). The Labute approximate surface area is 234 Å². The largest absolute Gasteiger partial charge is 0.475 e. The minimum atomic E-state index is -1.15. The Morgan fingerprint density at radius 3 is 1.95 bits per heavy atom. The monoisotopic (exact) mass is 547 g/mol. The van der Waals surface area contributed by atoms with Crippen LogP contribution in [0.2, 0.25) is 0 Å². The third kappa shape index (κ3) is 4.38. The summed E-state index contributed by atoms with van der Waals surface area (Å²) < 4.78 is 7.34. The molecule has 1 aliphatic heterocycles. The van der Waals surface area contributed by atoms with Crippen molar-refractivity contribution in [3.63, 3.8) is 0 Å². The number of carboxylic acids is 1. The molecule has 1 N–H and O–H groups in total. The van der Waals surface area contributed by atoms with Crippen LogP contribution < -0.4 is 9.80 Å². The summed E-state index contributed by atoms with van der Waals surface area (Å²) in [5, 5.41) is 10.1. The molecule has 1 aliphatic rings. The van der Waals surface area contributed by atoms with Crippen molar-refractivity contribution in [2.75, 3.05) is 9.80 Å². The zero-order valence-electron chi connectivity index (χ0n) is 20.9. The SMILES string of the molecule is O=C(O)c1ccc(Cn2cc(C=C3C(=O)N(c4ccccc4)C(=S)N(c4ccccc4)C3=O)c3ccccc32)o1. The number of carbonyl (C=O) groups excluding carboxylic acids is 2. The summed E-state index contributed by atoms with van der Waals surface area (Å²) in [7, 11) is 0. The first-order chi connectivity index (χ1) is 19.4. The van der Waals surface area contributed by atoms with Crippen molar-refractivity contribution in [1.29, 1.82) is 0 Å². The predicted molar refractivity (Wildman–Crippen MR) is 155 cm³/mol. The summed E-state index contributed by atoms with van der Waals surface area (Å²) >= 11 is 5.69. The van der Waals surface area contributed by atoms with Gasteiger partial charge in [-0.1, -0.05) is 54.6 Å². The molecule has 1 saturated heterocycles. The number of fused-ring (bicyclic) bond motifs is 1. The van der Waals surface area contributed by atoms with Gasteiger partial charge in [0.15, 0.2) is 5.11 Å². The highest BCUT2D eigenvalue weighted by molar-refractivity contribution is 7.81. The first kappa shape index (κ1) is 25.0. The Balaban J connectivity index is 1.47. The number of nitrogens with zero attached hydrogens (tertiary/aromatic N) is 3. The van der Waals surface area contributed by atoms with E-state index in [0.29, 0.717) is 22.7 Å². The van der Waals surface area contributed by atoms with Crippen LogP contribution in [-0.4, -0.2) is 32.6 Å². The summed E-state index contributed by atoms with van der Waals surface area (Å²) in [5.41, 5.74) is 2.52. The molecule has 3 heterocycles. The molecule has 0 saturated carbocycles. The molecule has 0 unspecified atom stereocenters. The molecule has 9 heteroatoms. The Morgan fingerprint density at radius 2 is 1.38 bits per heavy atom. The Bertz CT molecular complexity index is 1760. The summed E-state index contributed by atoms with van der Waals surface area (Å²) in [5.74, 6) is -1.89. The zero-order chi connectivity index (χ0) is 27.8. The number of amides is 2. The van der Waals surface area contributed by atoms with Gasteiger partial charge in [-0.3, -0.25) is 19.4 Å². The van der Waals surface area contributed by atoms with Crippen LogP contribution in [0, 0.1) is 0 Å². The third-order valence-electron chi connectivity index (χ3n) is 6.60. The molecule has 0 radical (unpaired) electrons. The van der Waals surface area contributed by atoms with E-state index in [2.05, 4.69) is 0 Å². The topological polar surface area (TPSA) is 96.0 Å². The van der Waals surface area contributed by atoms with Gasteiger partial charge in [-0.2, -0.15) is 0 Å². The lowest BCUT2D eigenvalue weighted by atomic mass is 10.0. The van der Waals surface area contributed by atoms with E-state index in [-0.39, 0.29) is 23.0 Å². The number of furan rings is 1. The number of aromatic nitrogens is 1. The van der Waals surface area contributed by atoms with Crippen LogP contribution in [0.4, 0.5) is 11.4 Å². The van der Waals surface area contributed by atoms with Crippen molar-refractivity contribution in [2.24, 2.45) is 0 Å². The van der Waals surface area contributed by atoms with Crippen molar-refractivity contribution < 1.29 is 23.9 Å². The number of hydrogen-bond acceptors (Lipinski definition) is 5. The molecule has 5 aromatic rings. The van der Waals surface area contributed by atoms with Gasteiger partial charge in [-0.25, -0.2) is 4.79 Å². The number of carbonyl (C=O) groups is 3. The zero-order valence-corrected chi connectivity index (χ0v) is 21.7. The van der Waals surface area contributed by atoms with Gasteiger partial charge in [-0.05, 0) is 60.8 Å². The fraction of sp³-hybridized carbons (Fsp3) is 0.0323. The highest BCUT2D eigenvalue weighted by Crippen LogP contribution is 2.31. The minimum absolute atomic E-state index is 0.0460. The predicted octanol–water partition coefficient (Wildman–Crippen LogP) is 5.73. The number of benzene rings is 3. The van der Waals surface area contributed by atoms with Crippen molar-refractivity contribution in [3.05, 3.63) is 126 Å². The summed E-state index contributed by atoms with van der Waals surface area (Å²) in [6.07, 6.45) is 3.40. The van der Waals surface area contributed by atoms with Gasteiger partial charge < -0.3 is 14.1 Å². The third-order valence-corrected chi connectivity index (χ3v) is 6.96. The fourth-order valence-corrected chi connectivity index (χ4v) is 5.14. The summed E-state index contributed by atoms with van der Waals surface area (Å²) in [6.45, 7) is 0.259. The van der Waals surface area contributed by atoms with Crippen molar-refractivity contribution in [1.82, 2.24) is 4.57 Å². The lowest BCUT2D eigenvalue weighted by molar-refractivity contribution is -0.120. The molecule has 196 valence electrons. The molecule has 0 atom stereocenters. The second-order valence-electron chi connectivity index (χ2n) is 9.09. The van der Waals surface area contributed by atoms with E-state index in [4.69, 9.17) is 16.6 Å². The van der Waals surface area contributed by atoms with Gasteiger partial charge >= 0.3 is 5.97 Å². The summed E-state index contributed by atoms with van der Waals surface area (Å²) in [4.78, 5) is 41.7. The van der Waals surface area contributed by atoms with Crippen molar-refractivity contribution in [3.8, 4) is 0 Å². The quantitative estimate of drug-likeness (QED) is 0.166. The van der Waals surface area contributed by atoms with Crippen LogP contribution in [0.1, 0.15) is 21.9 Å². The maximum absolute atomic E-state index is 13.9. The number of anilines is 2. The van der Waals surface area contributed by atoms with E-state index in [1.54, 1.807) is 60.7 Å². The Hall–Kier alpha value is -5.28. The molecule has 2 amide bonds. The second kappa shape index (κ2) is 10.1. The van der Waals surface area contributed by atoms with Gasteiger partial charge in [-0.15, -0.1) is 0 Å².